The molecule has 14 heavy (non-hydrogen) atoms. The highest BCUT2D eigenvalue weighted by atomic mass is 32.1. The van der Waals surface area contributed by atoms with Gasteiger partial charge in [-0.2, -0.15) is 0 Å². The van der Waals surface area contributed by atoms with Crippen molar-refractivity contribution in [1.29, 1.82) is 0 Å². The Morgan fingerprint density at radius 2 is 2.14 bits per heavy atom. The van der Waals surface area contributed by atoms with Crippen molar-refractivity contribution in [3.05, 3.63) is 41.1 Å². The molecular weight excluding hydrogens is 208 g/mol. The Labute approximate surface area is 90.1 Å². The third-order valence-corrected chi connectivity index (χ3v) is 4.40. The summed E-state index contributed by atoms with van der Waals surface area (Å²) < 4.78 is 2.76. The van der Waals surface area contributed by atoms with E-state index in [9.17, 15) is 0 Å². The van der Waals surface area contributed by atoms with Gasteiger partial charge in [-0.3, -0.25) is 0 Å². The third kappa shape index (κ3) is 1.04. The van der Waals surface area contributed by atoms with E-state index in [4.69, 9.17) is 0 Å². The first kappa shape index (κ1) is 8.21. The molecular formula is C12H8S2. The molecule has 2 heteroatoms. The molecule has 1 aromatic carbocycles. The Morgan fingerprint density at radius 1 is 1.21 bits per heavy atom. The van der Waals surface area contributed by atoms with Crippen LogP contribution in [0.5, 0.6) is 0 Å². The lowest BCUT2D eigenvalue weighted by atomic mass is 10.2. The van der Waals surface area contributed by atoms with Crippen LogP contribution < -0.4 is 0 Å². The lowest BCUT2D eigenvalue weighted by Crippen LogP contribution is -1.62. The van der Waals surface area contributed by atoms with E-state index in [1.165, 1.54) is 25.0 Å². The summed E-state index contributed by atoms with van der Waals surface area (Å²) in [6.07, 6.45) is 1.92. The van der Waals surface area contributed by atoms with Crippen LogP contribution in [0.3, 0.4) is 0 Å². The first-order chi connectivity index (χ1) is 6.88. The highest BCUT2D eigenvalue weighted by Crippen LogP contribution is 2.35. The highest BCUT2D eigenvalue weighted by Gasteiger charge is 2.04. The second-order valence-electron chi connectivity index (χ2n) is 3.17. The number of hydrogen-bond acceptors (Lipinski definition) is 2. The topological polar surface area (TPSA) is 0 Å². The van der Waals surface area contributed by atoms with E-state index in [0.717, 1.165) is 0 Å². The first-order valence-electron chi connectivity index (χ1n) is 4.41. The van der Waals surface area contributed by atoms with Crippen LogP contribution >= 0.6 is 22.7 Å². The Balaban J connectivity index is 2.54. The maximum Gasteiger partial charge on any atom is 0.0436 e. The van der Waals surface area contributed by atoms with Gasteiger partial charge in [-0.05, 0) is 29.0 Å². The predicted molar refractivity (Wildman–Crippen MR) is 67.3 cm³/mol. The van der Waals surface area contributed by atoms with Gasteiger partial charge in [0.2, 0.25) is 0 Å². The van der Waals surface area contributed by atoms with Crippen molar-refractivity contribution in [1.82, 2.24) is 0 Å². The van der Waals surface area contributed by atoms with E-state index in [-0.39, 0.29) is 0 Å². The average molecular weight is 216 g/mol. The summed E-state index contributed by atoms with van der Waals surface area (Å²) in [5.41, 5.74) is 0. The molecule has 2 heterocycles. The second kappa shape index (κ2) is 2.94. The SMILES string of the molecule is C=Cc1cc2ccc3sccc3c2s1. The number of rotatable bonds is 1. The molecule has 0 spiro atoms. The monoisotopic (exact) mass is 216 g/mol. The minimum Gasteiger partial charge on any atom is -0.144 e. The lowest BCUT2D eigenvalue weighted by Gasteiger charge is -1.90. The van der Waals surface area contributed by atoms with Crippen LogP contribution in [0.15, 0.2) is 36.2 Å². The van der Waals surface area contributed by atoms with Crippen molar-refractivity contribution in [2.75, 3.05) is 0 Å². The quantitative estimate of drug-likeness (QED) is 0.550. The molecule has 0 unspecified atom stereocenters. The normalized spacial score (nSPS) is 11.1. The number of thiophene rings is 2. The molecule has 0 nitrogen and oxygen atoms in total. The van der Waals surface area contributed by atoms with E-state index in [2.05, 4.69) is 36.2 Å². The van der Waals surface area contributed by atoms with Crippen LogP contribution in [0, 0.1) is 0 Å². The van der Waals surface area contributed by atoms with Crippen molar-refractivity contribution in [3.63, 3.8) is 0 Å². The van der Waals surface area contributed by atoms with Crippen LogP contribution in [-0.2, 0) is 0 Å². The van der Waals surface area contributed by atoms with Gasteiger partial charge in [0.05, 0.1) is 0 Å². The zero-order valence-corrected chi connectivity index (χ0v) is 9.12. The van der Waals surface area contributed by atoms with E-state index >= 15 is 0 Å². The van der Waals surface area contributed by atoms with Crippen molar-refractivity contribution in [2.45, 2.75) is 0 Å². The molecule has 0 aliphatic carbocycles. The zero-order chi connectivity index (χ0) is 9.54. The fourth-order valence-corrected chi connectivity index (χ4v) is 3.56. The van der Waals surface area contributed by atoms with Gasteiger partial charge in [-0.1, -0.05) is 18.7 Å². The fourth-order valence-electron chi connectivity index (χ4n) is 1.66. The maximum absolute atomic E-state index is 3.81. The van der Waals surface area contributed by atoms with Crippen molar-refractivity contribution in [3.8, 4) is 0 Å². The van der Waals surface area contributed by atoms with Gasteiger partial charge in [-0.25, -0.2) is 0 Å². The van der Waals surface area contributed by atoms with Gasteiger partial charge >= 0.3 is 0 Å². The van der Waals surface area contributed by atoms with Crippen LogP contribution in [0.2, 0.25) is 0 Å². The molecule has 0 N–H and O–H groups in total. The van der Waals surface area contributed by atoms with Crippen molar-refractivity contribution in [2.24, 2.45) is 0 Å². The Hall–Kier alpha value is -1.12. The molecule has 0 amide bonds. The van der Waals surface area contributed by atoms with Gasteiger partial charge in [0.25, 0.3) is 0 Å². The summed E-state index contributed by atoms with van der Waals surface area (Å²) in [6.45, 7) is 3.81. The van der Waals surface area contributed by atoms with Crippen molar-refractivity contribution >= 4 is 48.9 Å². The zero-order valence-electron chi connectivity index (χ0n) is 7.49. The standard InChI is InChI=1S/C12H8S2/c1-2-9-7-8-3-4-11-10(5-6-13-11)12(8)14-9/h2-7H,1H2. The van der Waals surface area contributed by atoms with E-state index in [1.807, 2.05) is 17.4 Å². The summed E-state index contributed by atoms with van der Waals surface area (Å²) >= 11 is 3.62. The smallest absolute Gasteiger partial charge is 0.0436 e. The minimum absolute atomic E-state index is 1.25. The van der Waals surface area contributed by atoms with Gasteiger partial charge in [0.15, 0.2) is 0 Å². The molecule has 2 aromatic heterocycles. The van der Waals surface area contributed by atoms with Crippen LogP contribution in [0.4, 0.5) is 0 Å². The summed E-state index contributed by atoms with van der Waals surface area (Å²) in [4.78, 5) is 1.25. The third-order valence-electron chi connectivity index (χ3n) is 2.34. The molecule has 68 valence electrons. The molecule has 0 aliphatic heterocycles. The van der Waals surface area contributed by atoms with Gasteiger partial charge < -0.3 is 0 Å². The first-order valence-corrected chi connectivity index (χ1v) is 6.10. The Bertz CT molecular complexity index is 613. The molecule has 3 aromatic rings. The summed E-state index contributed by atoms with van der Waals surface area (Å²) in [5.74, 6) is 0. The molecule has 3 rings (SSSR count). The molecule has 0 bridgehead atoms. The van der Waals surface area contributed by atoms with Gasteiger partial charge in [0, 0.05) is 19.7 Å². The minimum atomic E-state index is 1.25. The molecule has 0 atom stereocenters. The van der Waals surface area contributed by atoms with Gasteiger partial charge in [0.1, 0.15) is 0 Å². The molecule has 0 aliphatic rings. The van der Waals surface area contributed by atoms with E-state index < -0.39 is 0 Å². The number of hydrogen-bond donors (Lipinski definition) is 0. The summed E-state index contributed by atoms with van der Waals surface area (Å²) in [6, 6.07) is 8.79. The molecule has 0 saturated heterocycles. The largest absolute Gasteiger partial charge is 0.144 e. The van der Waals surface area contributed by atoms with Crippen LogP contribution in [0.1, 0.15) is 4.88 Å². The lowest BCUT2D eigenvalue weighted by molar-refractivity contribution is 1.98. The Kier molecular flexibility index (Phi) is 1.72. The number of fused-ring (bicyclic) bond motifs is 3. The second-order valence-corrected chi connectivity index (χ2v) is 5.20. The van der Waals surface area contributed by atoms with E-state index in [0.29, 0.717) is 0 Å². The summed E-state index contributed by atoms with van der Waals surface area (Å²) in [7, 11) is 0. The van der Waals surface area contributed by atoms with Crippen LogP contribution in [0.25, 0.3) is 26.2 Å². The predicted octanol–water partition coefficient (Wildman–Crippen LogP) is 4.76. The fraction of sp³-hybridized carbons (Fsp3) is 0. The summed E-state index contributed by atoms with van der Waals surface area (Å²) in [5, 5.41) is 4.86. The van der Waals surface area contributed by atoms with Crippen LogP contribution in [-0.4, -0.2) is 0 Å². The Morgan fingerprint density at radius 3 is 3.00 bits per heavy atom. The van der Waals surface area contributed by atoms with Gasteiger partial charge in [-0.15, -0.1) is 22.7 Å². The molecule has 0 radical (unpaired) electrons. The highest BCUT2D eigenvalue weighted by molar-refractivity contribution is 7.22. The molecule has 0 fully saturated rings. The average Bonchev–Trinajstić information content (AvgIpc) is 2.82. The molecule has 0 saturated carbocycles. The van der Waals surface area contributed by atoms with E-state index in [1.54, 1.807) is 11.3 Å². The van der Waals surface area contributed by atoms with Crippen molar-refractivity contribution < 1.29 is 0 Å². The maximum atomic E-state index is 3.81. The number of benzene rings is 1.